The van der Waals surface area contributed by atoms with Crippen molar-refractivity contribution in [2.45, 2.75) is 65.4 Å². The van der Waals surface area contributed by atoms with Crippen LogP contribution in [0.3, 0.4) is 0 Å². The van der Waals surface area contributed by atoms with Crippen LogP contribution in [0.4, 0.5) is 0 Å². The van der Waals surface area contributed by atoms with Crippen molar-refractivity contribution in [1.29, 1.82) is 0 Å². The van der Waals surface area contributed by atoms with Crippen molar-refractivity contribution in [1.82, 2.24) is 0 Å². The summed E-state index contributed by atoms with van der Waals surface area (Å²) in [6, 6.07) is 0. The van der Waals surface area contributed by atoms with Gasteiger partial charge in [0.1, 0.15) is 0 Å². The lowest BCUT2D eigenvalue weighted by Crippen LogP contribution is -2.51. The Kier molecular flexibility index (Phi) is 3.05. The minimum absolute atomic E-state index is 0.0114. The maximum Gasteiger partial charge on any atom is 0.155 e. The molecule has 2 nitrogen and oxygen atoms in total. The van der Waals surface area contributed by atoms with E-state index in [9.17, 15) is 9.90 Å². The molecule has 0 aromatic rings. The van der Waals surface area contributed by atoms with Crippen molar-refractivity contribution in [3.05, 3.63) is 23.3 Å². The number of hydrogen-bond donors (Lipinski definition) is 1. The van der Waals surface area contributed by atoms with Gasteiger partial charge in [0.2, 0.25) is 0 Å². The van der Waals surface area contributed by atoms with Crippen molar-refractivity contribution in [3.8, 4) is 0 Å². The topological polar surface area (TPSA) is 37.3 Å². The van der Waals surface area contributed by atoms with E-state index >= 15 is 0 Å². The Labute approximate surface area is 133 Å². The molecule has 2 heteroatoms. The molecule has 0 saturated heterocycles. The van der Waals surface area contributed by atoms with Crippen molar-refractivity contribution in [3.63, 3.8) is 0 Å². The van der Waals surface area contributed by atoms with Gasteiger partial charge in [0.15, 0.2) is 5.78 Å². The number of aliphatic hydroxyl groups is 1. The van der Waals surface area contributed by atoms with Crippen LogP contribution < -0.4 is 0 Å². The SMILES string of the molecule is C[C@H]1CC2=CC(=O)CC[C@]2(C)[C@H]2CC[C@@]3(C)C(=CC[C@@H]3O)[C@H]12. The number of ketones is 1. The van der Waals surface area contributed by atoms with Crippen LogP contribution in [0.15, 0.2) is 23.3 Å². The Morgan fingerprint density at radius 3 is 2.77 bits per heavy atom. The number of allylic oxidation sites excluding steroid dienone is 2. The monoisotopic (exact) mass is 300 g/mol. The second-order valence-corrected chi connectivity index (χ2v) is 8.73. The zero-order valence-corrected chi connectivity index (χ0v) is 14.1. The molecule has 0 unspecified atom stereocenters. The molecule has 0 aliphatic heterocycles. The number of fused-ring (bicyclic) bond motifs is 5. The van der Waals surface area contributed by atoms with Gasteiger partial charge in [-0.3, -0.25) is 4.79 Å². The lowest BCUT2D eigenvalue weighted by Gasteiger charge is -2.58. The maximum absolute atomic E-state index is 11.9. The summed E-state index contributed by atoms with van der Waals surface area (Å²) in [6.07, 6.45) is 10.1. The first kappa shape index (κ1) is 14.7. The van der Waals surface area contributed by atoms with Crippen LogP contribution in [-0.2, 0) is 4.79 Å². The molecule has 0 bridgehead atoms. The van der Waals surface area contributed by atoms with Gasteiger partial charge in [-0.15, -0.1) is 0 Å². The van der Waals surface area contributed by atoms with Crippen molar-refractivity contribution < 1.29 is 9.90 Å². The third-order valence-electron chi connectivity index (χ3n) is 7.66. The van der Waals surface area contributed by atoms with E-state index in [1.54, 1.807) is 5.57 Å². The molecule has 120 valence electrons. The number of carbonyl (C=O) groups is 1. The second-order valence-electron chi connectivity index (χ2n) is 8.73. The van der Waals surface area contributed by atoms with E-state index < -0.39 is 0 Å². The highest BCUT2D eigenvalue weighted by atomic mass is 16.3. The van der Waals surface area contributed by atoms with E-state index in [1.807, 2.05) is 6.08 Å². The van der Waals surface area contributed by atoms with E-state index in [1.165, 1.54) is 12.0 Å². The first-order valence-electron chi connectivity index (χ1n) is 8.99. The Balaban J connectivity index is 1.77. The first-order valence-corrected chi connectivity index (χ1v) is 8.99. The lowest BCUT2D eigenvalue weighted by atomic mass is 9.46. The molecule has 0 heterocycles. The summed E-state index contributed by atoms with van der Waals surface area (Å²) in [5.74, 6) is 2.17. The van der Waals surface area contributed by atoms with Gasteiger partial charge in [-0.2, -0.15) is 0 Å². The zero-order chi connectivity index (χ0) is 15.7. The molecule has 2 fully saturated rings. The number of rotatable bonds is 0. The van der Waals surface area contributed by atoms with Gasteiger partial charge in [0, 0.05) is 11.8 Å². The van der Waals surface area contributed by atoms with Crippen LogP contribution in [0.5, 0.6) is 0 Å². The van der Waals surface area contributed by atoms with Crippen LogP contribution in [0.2, 0.25) is 0 Å². The number of carbonyl (C=O) groups excluding carboxylic acids is 1. The second kappa shape index (κ2) is 4.56. The summed E-state index contributed by atoms with van der Waals surface area (Å²) in [5, 5.41) is 10.5. The Morgan fingerprint density at radius 2 is 2.00 bits per heavy atom. The predicted molar refractivity (Wildman–Crippen MR) is 87.2 cm³/mol. The third kappa shape index (κ3) is 1.73. The summed E-state index contributed by atoms with van der Waals surface area (Å²) in [5.41, 5.74) is 3.18. The fraction of sp³-hybridized carbons (Fsp3) is 0.750. The van der Waals surface area contributed by atoms with Gasteiger partial charge in [0.25, 0.3) is 0 Å². The quantitative estimate of drug-likeness (QED) is 0.685. The average molecular weight is 300 g/mol. The number of hydrogen-bond acceptors (Lipinski definition) is 2. The van der Waals surface area contributed by atoms with Crippen LogP contribution in [0.25, 0.3) is 0 Å². The van der Waals surface area contributed by atoms with E-state index in [0.717, 1.165) is 32.1 Å². The molecule has 2 saturated carbocycles. The molecule has 4 aliphatic rings. The normalized spacial score (nSPS) is 50.6. The first-order chi connectivity index (χ1) is 10.4. The van der Waals surface area contributed by atoms with Gasteiger partial charge in [0.05, 0.1) is 6.10 Å². The fourth-order valence-electron chi connectivity index (χ4n) is 6.19. The molecule has 4 rings (SSSR count). The van der Waals surface area contributed by atoms with Crippen LogP contribution in [-0.4, -0.2) is 17.0 Å². The summed E-state index contributed by atoms with van der Waals surface area (Å²) in [4.78, 5) is 11.9. The van der Waals surface area contributed by atoms with Crippen molar-refractivity contribution in [2.75, 3.05) is 0 Å². The van der Waals surface area contributed by atoms with Gasteiger partial charge in [-0.25, -0.2) is 0 Å². The van der Waals surface area contributed by atoms with Crippen LogP contribution in [0.1, 0.15) is 59.3 Å². The Hall–Kier alpha value is -0.890. The Bertz CT molecular complexity index is 587. The molecular weight excluding hydrogens is 272 g/mol. The molecule has 0 aromatic carbocycles. The summed E-state index contributed by atoms with van der Waals surface area (Å²) in [7, 11) is 0. The van der Waals surface area contributed by atoms with Gasteiger partial charge < -0.3 is 5.11 Å². The van der Waals surface area contributed by atoms with E-state index in [0.29, 0.717) is 23.5 Å². The molecule has 0 spiro atoms. The van der Waals surface area contributed by atoms with Crippen LogP contribution in [0, 0.1) is 28.6 Å². The van der Waals surface area contributed by atoms with E-state index in [2.05, 4.69) is 26.8 Å². The summed E-state index contributed by atoms with van der Waals surface area (Å²) >= 11 is 0. The molecule has 6 atom stereocenters. The van der Waals surface area contributed by atoms with Gasteiger partial charge in [-0.1, -0.05) is 38.0 Å². The standard InChI is InChI=1S/C20H28O2/c1-12-10-13-11-14(21)6-8-19(13,2)16-7-9-20(3)15(18(12)16)4-5-17(20)22/h4,11-12,16-18,22H,5-10H2,1-3H3/t12-,16-,17-,18-,19-,20-/m0/s1. The van der Waals surface area contributed by atoms with Gasteiger partial charge >= 0.3 is 0 Å². The predicted octanol–water partition coefficient (Wildman–Crippen LogP) is 4.05. The summed E-state index contributed by atoms with van der Waals surface area (Å²) in [6.45, 7) is 7.04. The fourth-order valence-corrected chi connectivity index (χ4v) is 6.19. The summed E-state index contributed by atoms with van der Waals surface area (Å²) < 4.78 is 0. The molecule has 0 radical (unpaired) electrons. The molecule has 22 heavy (non-hydrogen) atoms. The highest BCUT2D eigenvalue weighted by Crippen LogP contribution is 2.64. The van der Waals surface area contributed by atoms with E-state index in [4.69, 9.17) is 0 Å². The highest BCUT2D eigenvalue weighted by molar-refractivity contribution is 5.91. The van der Waals surface area contributed by atoms with E-state index in [-0.39, 0.29) is 16.9 Å². The largest absolute Gasteiger partial charge is 0.392 e. The minimum atomic E-state index is -0.187. The molecule has 1 N–H and O–H groups in total. The number of aliphatic hydroxyl groups excluding tert-OH is 1. The maximum atomic E-state index is 11.9. The average Bonchev–Trinajstić information content (AvgIpc) is 2.77. The highest BCUT2D eigenvalue weighted by Gasteiger charge is 2.57. The zero-order valence-electron chi connectivity index (χ0n) is 14.1. The molecular formula is C20H28O2. The smallest absolute Gasteiger partial charge is 0.155 e. The Morgan fingerprint density at radius 1 is 1.23 bits per heavy atom. The lowest BCUT2D eigenvalue weighted by molar-refractivity contribution is -0.116. The molecule has 0 aromatic heterocycles. The molecule has 0 amide bonds. The van der Waals surface area contributed by atoms with Crippen molar-refractivity contribution >= 4 is 5.78 Å². The van der Waals surface area contributed by atoms with Crippen LogP contribution >= 0.6 is 0 Å². The van der Waals surface area contributed by atoms with Gasteiger partial charge in [-0.05, 0) is 61.3 Å². The third-order valence-corrected chi connectivity index (χ3v) is 7.66. The van der Waals surface area contributed by atoms with Crippen molar-refractivity contribution in [2.24, 2.45) is 28.6 Å². The minimum Gasteiger partial charge on any atom is -0.392 e. The molecule has 4 aliphatic carbocycles.